The van der Waals surface area contributed by atoms with Crippen molar-refractivity contribution in [3.8, 4) is 0 Å². The van der Waals surface area contributed by atoms with Crippen LogP contribution in [0.4, 0.5) is 4.79 Å². The van der Waals surface area contributed by atoms with E-state index in [2.05, 4.69) is 5.32 Å². The molecule has 0 aliphatic carbocycles. The number of hydrogen-bond acceptors (Lipinski definition) is 6. The van der Waals surface area contributed by atoms with E-state index in [1.165, 1.54) is 16.7 Å². The molecule has 2 rings (SSSR count). The first-order valence-electron chi connectivity index (χ1n) is 10.8. The molecule has 0 bridgehead atoms. The smallest absolute Gasteiger partial charge is 0.410 e. The summed E-state index contributed by atoms with van der Waals surface area (Å²) >= 11 is 1.53. The molecule has 0 aromatic heterocycles. The average Bonchev–Trinajstić information content (AvgIpc) is 3.19. The van der Waals surface area contributed by atoms with E-state index in [1.54, 1.807) is 25.7 Å². The van der Waals surface area contributed by atoms with Crippen LogP contribution >= 0.6 is 11.8 Å². The van der Waals surface area contributed by atoms with Gasteiger partial charge in [0.05, 0.1) is 0 Å². The molecule has 2 N–H and O–H groups in total. The molecule has 0 radical (unpaired) electrons. The summed E-state index contributed by atoms with van der Waals surface area (Å²) in [6.07, 6.45) is 4.11. The molecule has 2 atom stereocenters. The Kier molecular flexibility index (Phi) is 9.02. The zero-order valence-electron chi connectivity index (χ0n) is 18.9. The number of carboxylic acid groups (broad SMARTS) is 1. The largest absolute Gasteiger partial charge is 0.480 e. The maximum atomic E-state index is 13.0. The number of aliphatic carboxylic acids is 1. The second-order valence-electron chi connectivity index (χ2n) is 9.11. The predicted molar refractivity (Wildman–Crippen MR) is 118 cm³/mol. The van der Waals surface area contributed by atoms with E-state index >= 15 is 0 Å². The minimum atomic E-state index is -1.03. The minimum Gasteiger partial charge on any atom is -0.480 e. The van der Waals surface area contributed by atoms with Gasteiger partial charge >= 0.3 is 12.1 Å². The van der Waals surface area contributed by atoms with E-state index in [-0.39, 0.29) is 17.7 Å². The number of amides is 3. The molecular weight excluding hydrogens is 422 g/mol. The van der Waals surface area contributed by atoms with Crippen LogP contribution in [0.25, 0.3) is 0 Å². The Balaban J connectivity index is 1.88. The van der Waals surface area contributed by atoms with Gasteiger partial charge in [-0.1, -0.05) is 0 Å². The molecule has 2 aliphatic rings. The summed E-state index contributed by atoms with van der Waals surface area (Å²) in [4.78, 5) is 52.6. The van der Waals surface area contributed by atoms with Crippen molar-refractivity contribution in [3.63, 3.8) is 0 Å². The van der Waals surface area contributed by atoms with Crippen LogP contribution in [0.15, 0.2) is 0 Å². The monoisotopic (exact) mass is 457 g/mol. The fraction of sp³-hybridized carbons (Fsp3) is 0.810. The van der Waals surface area contributed by atoms with Gasteiger partial charge in [-0.25, -0.2) is 9.59 Å². The van der Waals surface area contributed by atoms with Gasteiger partial charge in [-0.2, -0.15) is 11.8 Å². The van der Waals surface area contributed by atoms with Gasteiger partial charge in [0.1, 0.15) is 17.7 Å². The summed E-state index contributed by atoms with van der Waals surface area (Å²) < 4.78 is 5.44. The van der Waals surface area contributed by atoms with Crippen molar-refractivity contribution in [3.05, 3.63) is 0 Å². The number of rotatable bonds is 7. The molecule has 176 valence electrons. The third kappa shape index (κ3) is 7.29. The first-order chi connectivity index (χ1) is 14.5. The van der Waals surface area contributed by atoms with Gasteiger partial charge in [0, 0.05) is 25.6 Å². The number of ether oxygens (including phenoxy) is 1. The summed E-state index contributed by atoms with van der Waals surface area (Å²) in [6, 6.07) is -1.41. The maximum Gasteiger partial charge on any atom is 0.410 e. The van der Waals surface area contributed by atoms with Crippen LogP contribution < -0.4 is 5.32 Å². The number of hydrogen-bond donors (Lipinski definition) is 2. The summed E-state index contributed by atoms with van der Waals surface area (Å²) in [5, 5.41) is 11.9. The fourth-order valence-corrected chi connectivity index (χ4v) is 4.39. The van der Waals surface area contributed by atoms with Crippen molar-refractivity contribution in [2.45, 2.75) is 70.6 Å². The minimum absolute atomic E-state index is 0.106. The van der Waals surface area contributed by atoms with E-state index in [9.17, 15) is 24.3 Å². The van der Waals surface area contributed by atoms with Gasteiger partial charge in [-0.3, -0.25) is 14.5 Å². The second-order valence-corrected chi connectivity index (χ2v) is 10.1. The topological polar surface area (TPSA) is 116 Å². The second kappa shape index (κ2) is 11.1. The molecule has 0 spiro atoms. The molecule has 2 aliphatic heterocycles. The Morgan fingerprint density at radius 3 is 2.32 bits per heavy atom. The van der Waals surface area contributed by atoms with Gasteiger partial charge in [0.25, 0.3) is 0 Å². The van der Waals surface area contributed by atoms with Crippen molar-refractivity contribution >= 4 is 35.6 Å². The lowest BCUT2D eigenvalue weighted by atomic mass is 9.94. The van der Waals surface area contributed by atoms with E-state index in [1.807, 2.05) is 6.26 Å². The van der Waals surface area contributed by atoms with E-state index in [0.717, 1.165) is 6.42 Å². The Bertz CT molecular complexity index is 673. The van der Waals surface area contributed by atoms with Gasteiger partial charge < -0.3 is 20.1 Å². The van der Waals surface area contributed by atoms with Crippen LogP contribution in [0, 0.1) is 5.92 Å². The lowest BCUT2D eigenvalue weighted by molar-refractivity contribution is -0.143. The number of likely N-dealkylation sites (tertiary alicyclic amines) is 2. The SMILES string of the molecule is CSCC[C@H](NC(=O)C1CCN(C(=O)[C@@H]2CCCN2C(=O)OC(C)(C)C)CC1)C(=O)O. The zero-order chi connectivity index (χ0) is 23.2. The number of carboxylic acids is 1. The quantitative estimate of drug-likeness (QED) is 0.600. The fourth-order valence-electron chi connectivity index (χ4n) is 3.92. The van der Waals surface area contributed by atoms with E-state index in [0.29, 0.717) is 51.1 Å². The number of nitrogens with one attached hydrogen (secondary N) is 1. The van der Waals surface area contributed by atoms with Gasteiger partial charge in [-0.05, 0) is 64.9 Å². The van der Waals surface area contributed by atoms with Crippen molar-refractivity contribution in [1.82, 2.24) is 15.1 Å². The van der Waals surface area contributed by atoms with Gasteiger partial charge in [-0.15, -0.1) is 0 Å². The van der Waals surface area contributed by atoms with E-state index < -0.39 is 29.7 Å². The Morgan fingerprint density at radius 2 is 1.77 bits per heavy atom. The number of thioether (sulfide) groups is 1. The standard InChI is InChI=1S/C21H35N3O6S/c1-21(2,3)30-20(29)24-10-5-6-16(24)18(26)23-11-7-14(8-12-23)17(25)22-15(19(27)28)9-13-31-4/h14-16H,5-13H2,1-4H3,(H,22,25)(H,27,28)/t15-,16-/m0/s1. The molecule has 0 aromatic rings. The number of piperidine rings is 1. The third-order valence-electron chi connectivity index (χ3n) is 5.57. The highest BCUT2D eigenvalue weighted by Gasteiger charge is 2.40. The zero-order valence-corrected chi connectivity index (χ0v) is 19.7. The molecule has 0 saturated carbocycles. The molecule has 31 heavy (non-hydrogen) atoms. The summed E-state index contributed by atoms with van der Waals surface area (Å²) in [5.41, 5.74) is -0.622. The van der Waals surface area contributed by atoms with Gasteiger partial charge in [0.15, 0.2) is 0 Å². The first kappa shape index (κ1) is 25.3. The highest BCUT2D eigenvalue weighted by atomic mass is 32.2. The molecule has 9 nitrogen and oxygen atoms in total. The Hall–Kier alpha value is -1.97. The predicted octanol–water partition coefficient (Wildman–Crippen LogP) is 1.95. The summed E-state index contributed by atoms with van der Waals surface area (Å²) in [5.74, 6) is -1.06. The van der Waals surface area contributed by atoms with Crippen LogP contribution in [0.5, 0.6) is 0 Å². The molecule has 10 heteroatoms. The highest BCUT2D eigenvalue weighted by molar-refractivity contribution is 7.98. The van der Waals surface area contributed by atoms with Crippen molar-refractivity contribution in [1.29, 1.82) is 0 Å². The van der Waals surface area contributed by atoms with E-state index in [4.69, 9.17) is 4.74 Å². The first-order valence-corrected chi connectivity index (χ1v) is 12.2. The molecule has 2 fully saturated rings. The van der Waals surface area contributed by atoms with Crippen LogP contribution in [0.1, 0.15) is 52.9 Å². The Labute approximate surface area is 188 Å². The number of carbonyl (C=O) groups excluding carboxylic acids is 3. The molecule has 2 saturated heterocycles. The van der Waals surface area contributed by atoms with Crippen molar-refractivity contribution in [2.24, 2.45) is 5.92 Å². The molecule has 3 amide bonds. The van der Waals surface area contributed by atoms with Crippen LogP contribution in [-0.2, 0) is 19.1 Å². The van der Waals surface area contributed by atoms with Crippen molar-refractivity contribution < 1.29 is 29.0 Å². The normalized spacial score (nSPS) is 21.0. The highest BCUT2D eigenvalue weighted by Crippen LogP contribution is 2.25. The summed E-state index contributed by atoms with van der Waals surface area (Å²) in [7, 11) is 0. The van der Waals surface area contributed by atoms with Crippen LogP contribution in [0.2, 0.25) is 0 Å². The number of carbonyl (C=O) groups is 4. The molecule has 0 aromatic carbocycles. The number of nitrogens with zero attached hydrogens (tertiary/aromatic N) is 2. The Morgan fingerprint density at radius 1 is 1.13 bits per heavy atom. The molecule has 2 heterocycles. The average molecular weight is 458 g/mol. The lowest BCUT2D eigenvalue weighted by Gasteiger charge is -2.35. The van der Waals surface area contributed by atoms with Crippen LogP contribution in [-0.4, -0.2) is 88.1 Å². The third-order valence-corrected chi connectivity index (χ3v) is 6.21. The lowest BCUT2D eigenvalue weighted by Crippen LogP contribution is -2.52. The summed E-state index contributed by atoms with van der Waals surface area (Å²) in [6.45, 7) is 6.71. The van der Waals surface area contributed by atoms with Gasteiger partial charge in [0.2, 0.25) is 11.8 Å². The maximum absolute atomic E-state index is 13.0. The van der Waals surface area contributed by atoms with Crippen molar-refractivity contribution in [2.75, 3.05) is 31.6 Å². The molecule has 0 unspecified atom stereocenters. The van der Waals surface area contributed by atoms with Crippen LogP contribution in [0.3, 0.4) is 0 Å². The molecular formula is C21H35N3O6S.